The van der Waals surface area contributed by atoms with Crippen LogP contribution in [0.15, 0.2) is 29.6 Å². The molecular weight excluding hydrogens is 378 g/mol. The number of thiophene rings is 1. The van der Waals surface area contributed by atoms with Gasteiger partial charge in [0.25, 0.3) is 0 Å². The molecule has 5 heteroatoms. The van der Waals surface area contributed by atoms with Crippen LogP contribution in [-0.4, -0.2) is 5.78 Å². The molecule has 0 aliphatic rings. The number of benzene rings is 1. The molecule has 0 atom stereocenters. The van der Waals surface area contributed by atoms with E-state index in [1.54, 1.807) is 23.6 Å². The van der Waals surface area contributed by atoms with Gasteiger partial charge in [0.1, 0.15) is 0 Å². The summed E-state index contributed by atoms with van der Waals surface area (Å²) in [5.41, 5.74) is 0.595. The number of halogens is 3. The van der Waals surface area contributed by atoms with E-state index in [1.807, 2.05) is 6.07 Å². The average molecular weight is 383 g/mol. The number of ketones is 1. The average Bonchev–Trinajstić information content (AvgIpc) is 2.67. The molecule has 82 valence electrons. The Bertz CT molecular complexity index is 551. The van der Waals surface area contributed by atoms with Crippen molar-refractivity contribution in [1.82, 2.24) is 0 Å². The van der Waals surface area contributed by atoms with Gasteiger partial charge in [0, 0.05) is 14.2 Å². The van der Waals surface area contributed by atoms with Gasteiger partial charge in [-0.05, 0) is 52.2 Å². The summed E-state index contributed by atoms with van der Waals surface area (Å²) in [6, 6.07) is 6.96. The van der Waals surface area contributed by atoms with Crippen molar-refractivity contribution in [1.29, 1.82) is 0 Å². The number of hydrogen-bond acceptors (Lipinski definition) is 2. The summed E-state index contributed by atoms with van der Waals surface area (Å²) in [4.78, 5) is 12.7. The standard InChI is InChI=1S/C11H5Cl2IOS/c12-6-1-2-9(14)7(5-6)10(15)11-8(13)3-4-16-11/h1-5H. The highest BCUT2D eigenvalue weighted by Crippen LogP contribution is 2.28. The second-order valence-electron chi connectivity index (χ2n) is 3.05. The van der Waals surface area contributed by atoms with Crippen molar-refractivity contribution in [3.05, 3.63) is 53.7 Å². The van der Waals surface area contributed by atoms with Crippen molar-refractivity contribution in [2.75, 3.05) is 0 Å². The van der Waals surface area contributed by atoms with Crippen molar-refractivity contribution >= 4 is 62.9 Å². The van der Waals surface area contributed by atoms with E-state index in [0.717, 1.165) is 3.57 Å². The molecule has 0 spiro atoms. The molecule has 0 saturated carbocycles. The Hall–Kier alpha value is -0.100. The zero-order chi connectivity index (χ0) is 11.7. The van der Waals surface area contributed by atoms with E-state index < -0.39 is 0 Å². The van der Waals surface area contributed by atoms with Gasteiger partial charge in [-0.2, -0.15) is 0 Å². The Morgan fingerprint density at radius 1 is 1.25 bits per heavy atom. The highest BCUT2D eigenvalue weighted by Gasteiger charge is 2.17. The van der Waals surface area contributed by atoms with Crippen molar-refractivity contribution in [3.63, 3.8) is 0 Å². The van der Waals surface area contributed by atoms with Gasteiger partial charge in [0.05, 0.1) is 9.90 Å². The molecule has 0 amide bonds. The van der Waals surface area contributed by atoms with Crippen LogP contribution in [0.5, 0.6) is 0 Å². The molecule has 1 aromatic carbocycles. The van der Waals surface area contributed by atoms with Gasteiger partial charge in [-0.3, -0.25) is 4.79 Å². The van der Waals surface area contributed by atoms with Crippen molar-refractivity contribution < 1.29 is 4.79 Å². The van der Waals surface area contributed by atoms with Crippen LogP contribution in [0, 0.1) is 3.57 Å². The maximum absolute atomic E-state index is 12.2. The highest BCUT2D eigenvalue weighted by atomic mass is 127. The van der Waals surface area contributed by atoms with Crippen LogP contribution < -0.4 is 0 Å². The molecular formula is C11H5Cl2IOS. The van der Waals surface area contributed by atoms with E-state index in [-0.39, 0.29) is 5.78 Å². The van der Waals surface area contributed by atoms with Crippen LogP contribution in [0.4, 0.5) is 0 Å². The molecule has 1 aromatic heterocycles. The van der Waals surface area contributed by atoms with Crippen molar-refractivity contribution in [2.45, 2.75) is 0 Å². The number of hydrogen-bond donors (Lipinski definition) is 0. The van der Waals surface area contributed by atoms with Crippen LogP contribution in [0.3, 0.4) is 0 Å². The Kier molecular flexibility index (Phi) is 3.89. The molecule has 0 unspecified atom stereocenters. The van der Waals surface area contributed by atoms with Gasteiger partial charge in [0.2, 0.25) is 5.78 Å². The summed E-state index contributed by atoms with van der Waals surface area (Å²) >= 11 is 15.3. The minimum Gasteiger partial charge on any atom is -0.288 e. The summed E-state index contributed by atoms with van der Waals surface area (Å²) in [7, 11) is 0. The second kappa shape index (κ2) is 5.04. The third-order valence-electron chi connectivity index (χ3n) is 2.00. The normalized spacial score (nSPS) is 10.4. The lowest BCUT2D eigenvalue weighted by Crippen LogP contribution is -2.01. The lowest BCUT2D eigenvalue weighted by atomic mass is 10.1. The highest BCUT2D eigenvalue weighted by molar-refractivity contribution is 14.1. The Morgan fingerprint density at radius 2 is 2.00 bits per heavy atom. The maximum atomic E-state index is 12.2. The van der Waals surface area contributed by atoms with E-state index in [0.29, 0.717) is 20.5 Å². The van der Waals surface area contributed by atoms with Gasteiger partial charge in [-0.15, -0.1) is 11.3 Å². The molecule has 0 N–H and O–H groups in total. The zero-order valence-corrected chi connectivity index (χ0v) is 12.3. The smallest absolute Gasteiger partial charge is 0.205 e. The molecule has 16 heavy (non-hydrogen) atoms. The molecule has 2 aromatic rings. The first-order valence-corrected chi connectivity index (χ1v) is 7.04. The minimum atomic E-state index is -0.0769. The van der Waals surface area contributed by atoms with Gasteiger partial charge >= 0.3 is 0 Å². The topological polar surface area (TPSA) is 17.1 Å². The summed E-state index contributed by atoms with van der Waals surface area (Å²) in [6.07, 6.45) is 0. The monoisotopic (exact) mass is 382 g/mol. The van der Waals surface area contributed by atoms with Crippen LogP contribution in [0.1, 0.15) is 15.2 Å². The van der Waals surface area contributed by atoms with E-state index in [9.17, 15) is 4.79 Å². The maximum Gasteiger partial charge on any atom is 0.205 e. The summed E-state index contributed by atoms with van der Waals surface area (Å²) in [5, 5.41) is 2.84. The van der Waals surface area contributed by atoms with E-state index in [2.05, 4.69) is 22.6 Å². The fourth-order valence-corrected chi connectivity index (χ4v) is 3.10. The molecule has 1 nitrogen and oxygen atoms in total. The fourth-order valence-electron chi connectivity index (χ4n) is 1.25. The first kappa shape index (κ1) is 12.4. The van der Waals surface area contributed by atoms with E-state index in [1.165, 1.54) is 11.3 Å². The Labute approximate surface area is 121 Å². The number of rotatable bonds is 2. The summed E-state index contributed by atoms with van der Waals surface area (Å²) in [5.74, 6) is -0.0769. The summed E-state index contributed by atoms with van der Waals surface area (Å²) < 4.78 is 0.872. The third kappa shape index (κ3) is 2.42. The molecule has 0 radical (unpaired) electrons. The van der Waals surface area contributed by atoms with E-state index >= 15 is 0 Å². The minimum absolute atomic E-state index is 0.0769. The van der Waals surface area contributed by atoms with Crippen LogP contribution in [-0.2, 0) is 0 Å². The molecule has 0 aliphatic carbocycles. The molecule has 0 saturated heterocycles. The lowest BCUT2D eigenvalue weighted by Gasteiger charge is -2.03. The van der Waals surface area contributed by atoms with Gasteiger partial charge < -0.3 is 0 Å². The zero-order valence-electron chi connectivity index (χ0n) is 7.84. The van der Waals surface area contributed by atoms with Crippen LogP contribution in [0.25, 0.3) is 0 Å². The van der Waals surface area contributed by atoms with Gasteiger partial charge in [-0.1, -0.05) is 23.2 Å². The Balaban J connectivity index is 2.49. The van der Waals surface area contributed by atoms with Crippen LogP contribution in [0.2, 0.25) is 10.0 Å². The summed E-state index contributed by atoms with van der Waals surface area (Å²) in [6.45, 7) is 0. The number of carbonyl (C=O) groups is 1. The van der Waals surface area contributed by atoms with Crippen molar-refractivity contribution in [2.24, 2.45) is 0 Å². The predicted molar refractivity (Wildman–Crippen MR) is 76.9 cm³/mol. The molecule has 2 rings (SSSR count). The SMILES string of the molecule is O=C(c1cc(Cl)ccc1I)c1sccc1Cl. The van der Waals surface area contributed by atoms with E-state index in [4.69, 9.17) is 23.2 Å². The molecule has 0 fully saturated rings. The second-order valence-corrected chi connectivity index (χ2v) is 5.97. The quantitative estimate of drug-likeness (QED) is 0.533. The molecule has 1 heterocycles. The number of carbonyl (C=O) groups excluding carboxylic acids is 1. The van der Waals surface area contributed by atoms with Crippen LogP contribution >= 0.6 is 57.1 Å². The Morgan fingerprint density at radius 3 is 2.62 bits per heavy atom. The first-order valence-electron chi connectivity index (χ1n) is 4.32. The first-order chi connectivity index (χ1) is 7.59. The van der Waals surface area contributed by atoms with Crippen molar-refractivity contribution in [3.8, 4) is 0 Å². The third-order valence-corrected chi connectivity index (χ3v) is 4.51. The van der Waals surface area contributed by atoms with Gasteiger partial charge in [0.15, 0.2) is 0 Å². The largest absolute Gasteiger partial charge is 0.288 e. The lowest BCUT2D eigenvalue weighted by molar-refractivity contribution is 0.104. The fraction of sp³-hybridized carbons (Fsp3) is 0. The molecule has 0 bridgehead atoms. The molecule has 0 aliphatic heterocycles. The predicted octanol–water partition coefficient (Wildman–Crippen LogP) is 4.89. The van der Waals surface area contributed by atoms with Gasteiger partial charge in [-0.25, -0.2) is 0 Å².